The van der Waals surface area contributed by atoms with Crippen molar-refractivity contribution in [3.05, 3.63) is 24.3 Å². The van der Waals surface area contributed by atoms with Crippen molar-refractivity contribution >= 4 is 25.8 Å². The van der Waals surface area contributed by atoms with E-state index in [1.165, 1.54) is 0 Å². The normalized spacial score (nSPS) is 15.4. The Bertz CT molecular complexity index is 720. The Morgan fingerprint density at radius 3 is 1.86 bits per heavy atom. The summed E-state index contributed by atoms with van der Waals surface area (Å²) < 4.78 is 48.3. The maximum absolute atomic E-state index is 12.0. The highest BCUT2D eigenvalue weighted by Gasteiger charge is 2.29. The van der Waals surface area contributed by atoms with Crippen molar-refractivity contribution in [2.75, 3.05) is 6.26 Å². The van der Waals surface area contributed by atoms with E-state index in [0.717, 1.165) is 37.4 Å². The van der Waals surface area contributed by atoms with E-state index in [0.29, 0.717) is 0 Å². The van der Waals surface area contributed by atoms with Gasteiger partial charge >= 0.3 is 5.97 Å². The summed E-state index contributed by atoms with van der Waals surface area (Å²) in [6.45, 7) is 1.13. The lowest BCUT2D eigenvalue weighted by Gasteiger charge is -2.17. The lowest BCUT2D eigenvalue weighted by Crippen LogP contribution is -2.47. The monoisotopic (exact) mass is 337 g/mol. The molecular weight excluding hydrogens is 322 g/mol. The van der Waals surface area contributed by atoms with E-state index in [4.69, 9.17) is 5.11 Å². The average molecular weight is 337 g/mol. The molecule has 0 aliphatic carbocycles. The molecule has 0 aliphatic rings. The molecule has 0 saturated heterocycles. The highest BCUT2D eigenvalue weighted by Crippen LogP contribution is 2.15. The van der Waals surface area contributed by atoms with Crippen LogP contribution in [-0.2, 0) is 24.7 Å². The van der Waals surface area contributed by atoms with Gasteiger partial charge in [-0.15, -0.1) is 0 Å². The first-order valence-electron chi connectivity index (χ1n) is 5.68. The zero-order chi connectivity index (χ0) is 16.4. The van der Waals surface area contributed by atoms with Crippen LogP contribution in [0.3, 0.4) is 0 Å². The Labute approximate surface area is 122 Å². The summed E-state index contributed by atoms with van der Waals surface area (Å²) in [6.07, 6.45) is -0.463. The zero-order valence-electron chi connectivity index (χ0n) is 11.2. The maximum atomic E-state index is 12.0. The minimum Gasteiger partial charge on any atom is -0.480 e. The second kappa shape index (κ2) is 6.10. The van der Waals surface area contributed by atoms with Crippen molar-refractivity contribution in [2.24, 2.45) is 0 Å². The molecule has 2 atom stereocenters. The minimum atomic E-state index is -4.20. The third kappa shape index (κ3) is 4.49. The molecule has 0 bridgehead atoms. The van der Waals surface area contributed by atoms with Gasteiger partial charge < -0.3 is 10.2 Å². The van der Waals surface area contributed by atoms with Gasteiger partial charge in [0.2, 0.25) is 10.0 Å². The molecule has 8 nitrogen and oxygen atoms in total. The number of aliphatic hydroxyl groups excluding tert-OH is 1. The molecule has 1 rings (SSSR count). The van der Waals surface area contributed by atoms with Crippen LogP contribution in [0.25, 0.3) is 0 Å². The fourth-order valence-corrected chi connectivity index (χ4v) is 3.35. The van der Waals surface area contributed by atoms with Crippen LogP contribution in [-0.4, -0.2) is 51.4 Å². The van der Waals surface area contributed by atoms with E-state index in [1.54, 1.807) is 0 Å². The van der Waals surface area contributed by atoms with Crippen LogP contribution >= 0.6 is 0 Å². The second-order valence-electron chi connectivity index (χ2n) is 4.42. The molecule has 0 spiro atoms. The van der Waals surface area contributed by atoms with Gasteiger partial charge in [0.15, 0.2) is 9.84 Å². The molecule has 2 unspecified atom stereocenters. The minimum absolute atomic E-state index is 0.0632. The lowest BCUT2D eigenvalue weighted by molar-refractivity contribution is -0.141. The van der Waals surface area contributed by atoms with Crippen LogP contribution in [0.15, 0.2) is 34.1 Å². The molecule has 1 aromatic carbocycles. The largest absolute Gasteiger partial charge is 0.480 e. The van der Waals surface area contributed by atoms with Gasteiger partial charge in [-0.25, -0.2) is 16.8 Å². The van der Waals surface area contributed by atoms with Gasteiger partial charge in [-0.2, -0.15) is 4.72 Å². The number of carboxylic acids is 1. The van der Waals surface area contributed by atoms with E-state index in [-0.39, 0.29) is 9.79 Å². The van der Waals surface area contributed by atoms with Gasteiger partial charge in [0.1, 0.15) is 6.04 Å². The first-order chi connectivity index (χ1) is 9.45. The van der Waals surface area contributed by atoms with E-state index in [1.807, 2.05) is 4.72 Å². The highest BCUT2D eigenvalue weighted by atomic mass is 32.2. The molecule has 21 heavy (non-hydrogen) atoms. The first-order valence-corrected chi connectivity index (χ1v) is 9.06. The Hall–Kier alpha value is -1.49. The molecule has 10 heteroatoms. The average Bonchev–Trinajstić information content (AvgIpc) is 2.34. The second-order valence-corrected chi connectivity index (χ2v) is 8.15. The fourth-order valence-electron chi connectivity index (χ4n) is 1.46. The van der Waals surface area contributed by atoms with E-state index in [2.05, 4.69) is 0 Å². The Kier molecular flexibility index (Phi) is 5.10. The lowest BCUT2D eigenvalue weighted by atomic mass is 10.2. The number of carboxylic acid groups (broad SMARTS) is 1. The number of hydrogen-bond acceptors (Lipinski definition) is 6. The van der Waals surface area contributed by atoms with E-state index < -0.39 is 38.0 Å². The molecule has 0 aliphatic heterocycles. The standard InChI is InChI=1S/C11H15NO7S2/c1-7(13)10(11(14)15)12-21(18,19)9-5-3-8(4-6-9)20(2,16)17/h3-7,10,12-13H,1-2H3,(H,14,15). The Morgan fingerprint density at radius 2 is 1.52 bits per heavy atom. The number of carbonyl (C=O) groups is 1. The number of sulfone groups is 1. The van der Waals surface area contributed by atoms with E-state index in [9.17, 15) is 26.7 Å². The van der Waals surface area contributed by atoms with Gasteiger partial charge in [-0.05, 0) is 31.2 Å². The Balaban J connectivity index is 3.11. The third-order valence-electron chi connectivity index (χ3n) is 2.59. The third-order valence-corrected chi connectivity index (χ3v) is 5.18. The number of sulfonamides is 1. The number of aliphatic carboxylic acids is 1. The number of hydrogen-bond donors (Lipinski definition) is 3. The SMILES string of the molecule is CC(O)C(NS(=O)(=O)c1ccc(S(C)(=O)=O)cc1)C(=O)O. The summed E-state index contributed by atoms with van der Waals surface area (Å²) in [4.78, 5) is 10.5. The highest BCUT2D eigenvalue weighted by molar-refractivity contribution is 7.90. The topological polar surface area (TPSA) is 138 Å². The summed E-state index contributed by atoms with van der Waals surface area (Å²) in [5.41, 5.74) is 0. The quantitative estimate of drug-likeness (QED) is 0.618. The van der Waals surface area contributed by atoms with Crippen molar-refractivity contribution < 1.29 is 31.8 Å². The van der Waals surface area contributed by atoms with Crippen LogP contribution in [0.4, 0.5) is 0 Å². The molecular formula is C11H15NO7S2. The molecule has 0 fully saturated rings. The summed E-state index contributed by atoms with van der Waals surface area (Å²) in [7, 11) is -7.66. The van der Waals surface area contributed by atoms with Crippen molar-refractivity contribution in [1.29, 1.82) is 0 Å². The van der Waals surface area contributed by atoms with Crippen molar-refractivity contribution in [1.82, 2.24) is 4.72 Å². The number of benzene rings is 1. The number of aliphatic hydroxyl groups is 1. The molecule has 118 valence electrons. The van der Waals surface area contributed by atoms with Crippen molar-refractivity contribution in [2.45, 2.75) is 28.9 Å². The van der Waals surface area contributed by atoms with E-state index >= 15 is 0 Å². The van der Waals surface area contributed by atoms with Crippen molar-refractivity contribution in [3.63, 3.8) is 0 Å². The first kappa shape index (κ1) is 17.6. The molecule has 0 aromatic heterocycles. The predicted molar refractivity (Wildman–Crippen MR) is 73.0 cm³/mol. The maximum Gasteiger partial charge on any atom is 0.324 e. The van der Waals surface area contributed by atoms with Crippen LogP contribution in [0.2, 0.25) is 0 Å². The summed E-state index contributed by atoms with van der Waals surface area (Å²) in [5, 5.41) is 18.1. The van der Waals surface area contributed by atoms with Crippen LogP contribution < -0.4 is 4.72 Å². The molecule has 0 saturated carbocycles. The molecule has 3 N–H and O–H groups in total. The molecule has 0 heterocycles. The van der Waals surface area contributed by atoms with Crippen LogP contribution in [0.1, 0.15) is 6.92 Å². The van der Waals surface area contributed by atoms with Crippen LogP contribution in [0, 0.1) is 0 Å². The fraction of sp³-hybridized carbons (Fsp3) is 0.364. The van der Waals surface area contributed by atoms with Gasteiger partial charge in [0.05, 0.1) is 15.9 Å². The van der Waals surface area contributed by atoms with Gasteiger partial charge in [0.25, 0.3) is 0 Å². The van der Waals surface area contributed by atoms with Gasteiger partial charge in [0, 0.05) is 6.26 Å². The Morgan fingerprint density at radius 1 is 1.10 bits per heavy atom. The summed E-state index contributed by atoms with van der Waals surface area (Å²) in [5.74, 6) is -1.53. The summed E-state index contributed by atoms with van der Waals surface area (Å²) in [6, 6.07) is 2.58. The van der Waals surface area contributed by atoms with Crippen molar-refractivity contribution in [3.8, 4) is 0 Å². The summed E-state index contributed by atoms with van der Waals surface area (Å²) >= 11 is 0. The van der Waals surface area contributed by atoms with Gasteiger partial charge in [-0.3, -0.25) is 4.79 Å². The number of rotatable bonds is 6. The van der Waals surface area contributed by atoms with Gasteiger partial charge in [-0.1, -0.05) is 0 Å². The molecule has 0 amide bonds. The smallest absolute Gasteiger partial charge is 0.324 e. The zero-order valence-corrected chi connectivity index (χ0v) is 12.8. The predicted octanol–water partition coefficient (Wildman–Crippen LogP) is -0.798. The number of nitrogens with one attached hydrogen (secondary N) is 1. The molecule has 1 aromatic rings. The van der Waals surface area contributed by atoms with Crippen LogP contribution in [0.5, 0.6) is 0 Å². The molecule has 0 radical (unpaired) electrons.